The van der Waals surface area contributed by atoms with Gasteiger partial charge in [0.1, 0.15) is 6.61 Å². The van der Waals surface area contributed by atoms with E-state index >= 15 is 0 Å². The van der Waals surface area contributed by atoms with E-state index in [1.54, 1.807) is 4.90 Å². The molecule has 0 spiro atoms. The van der Waals surface area contributed by atoms with Crippen LogP contribution in [0.3, 0.4) is 0 Å². The Kier molecular flexibility index (Phi) is 5.91. The molecule has 3 amide bonds. The molecule has 6 heteroatoms. The van der Waals surface area contributed by atoms with Gasteiger partial charge in [-0.1, -0.05) is 0 Å². The fraction of sp³-hybridized carbons (Fsp3) is 0.833. The van der Waals surface area contributed by atoms with Crippen LogP contribution in [0.1, 0.15) is 26.7 Å². The van der Waals surface area contributed by atoms with Crippen LogP contribution in [0.5, 0.6) is 0 Å². The normalized spacial score (nSPS) is 19.9. The van der Waals surface area contributed by atoms with Crippen LogP contribution in [0.15, 0.2) is 0 Å². The van der Waals surface area contributed by atoms with Crippen molar-refractivity contribution in [3.05, 3.63) is 0 Å². The van der Waals surface area contributed by atoms with Crippen molar-refractivity contribution in [3.63, 3.8) is 0 Å². The number of nitrogens with two attached hydrogens (primary N) is 1. The van der Waals surface area contributed by atoms with E-state index in [2.05, 4.69) is 5.32 Å². The molecule has 0 radical (unpaired) electrons. The molecule has 1 aliphatic heterocycles. The molecule has 0 aromatic carbocycles. The number of carbonyl (C=O) groups excluding carboxylic acids is 2. The highest BCUT2D eigenvalue weighted by Crippen LogP contribution is 2.15. The molecule has 0 bridgehead atoms. The third-order valence-corrected chi connectivity index (χ3v) is 2.98. The quantitative estimate of drug-likeness (QED) is 0.743. The summed E-state index contributed by atoms with van der Waals surface area (Å²) in [4.78, 5) is 24.3. The van der Waals surface area contributed by atoms with Crippen molar-refractivity contribution in [2.24, 2.45) is 11.7 Å². The zero-order valence-corrected chi connectivity index (χ0v) is 11.1. The minimum absolute atomic E-state index is 0.0208. The summed E-state index contributed by atoms with van der Waals surface area (Å²) < 4.78 is 5.31. The lowest BCUT2D eigenvalue weighted by Crippen LogP contribution is -2.45. The molecule has 18 heavy (non-hydrogen) atoms. The maximum absolute atomic E-state index is 11.9. The Bertz CT molecular complexity index is 294. The van der Waals surface area contributed by atoms with Gasteiger partial charge < -0.3 is 20.7 Å². The Morgan fingerprint density at radius 3 is 2.83 bits per heavy atom. The number of ether oxygens (including phenoxy) is 1. The van der Waals surface area contributed by atoms with E-state index in [1.807, 2.05) is 13.8 Å². The summed E-state index contributed by atoms with van der Waals surface area (Å²) in [6, 6.07) is -0.512. The van der Waals surface area contributed by atoms with E-state index in [9.17, 15) is 9.59 Å². The Morgan fingerprint density at radius 2 is 2.22 bits per heavy atom. The lowest BCUT2D eigenvalue weighted by molar-refractivity contribution is -0.139. The number of urea groups is 1. The van der Waals surface area contributed by atoms with E-state index in [0.29, 0.717) is 13.1 Å². The number of hydrogen-bond donors (Lipinski definition) is 2. The molecular weight excluding hydrogens is 234 g/mol. The number of primary amides is 1. The average molecular weight is 257 g/mol. The van der Waals surface area contributed by atoms with E-state index < -0.39 is 6.03 Å². The molecule has 0 aliphatic carbocycles. The minimum Gasteiger partial charge on any atom is -0.369 e. The lowest BCUT2D eigenvalue weighted by Gasteiger charge is -2.32. The van der Waals surface area contributed by atoms with Crippen LogP contribution in [0.4, 0.5) is 4.79 Å². The van der Waals surface area contributed by atoms with Gasteiger partial charge in [-0.25, -0.2) is 4.79 Å². The molecule has 104 valence electrons. The average Bonchev–Trinajstić information content (AvgIpc) is 2.33. The highest BCUT2D eigenvalue weighted by atomic mass is 16.5. The number of likely N-dealkylation sites (tertiary alicyclic amines) is 1. The lowest BCUT2D eigenvalue weighted by atomic mass is 9.98. The Labute approximate surface area is 108 Å². The second-order valence-electron chi connectivity index (χ2n) is 4.95. The molecule has 1 rings (SSSR count). The van der Waals surface area contributed by atoms with Gasteiger partial charge in [-0.15, -0.1) is 0 Å². The van der Waals surface area contributed by atoms with Crippen LogP contribution in [0, 0.1) is 5.92 Å². The Hall–Kier alpha value is -1.30. The summed E-state index contributed by atoms with van der Waals surface area (Å²) >= 11 is 0. The molecule has 0 aromatic rings. The van der Waals surface area contributed by atoms with Gasteiger partial charge in [0.2, 0.25) is 5.91 Å². The number of carbonyl (C=O) groups is 2. The first-order chi connectivity index (χ1) is 8.49. The zero-order chi connectivity index (χ0) is 13.5. The molecule has 1 aliphatic rings. The number of hydrogen-bond acceptors (Lipinski definition) is 3. The predicted molar refractivity (Wildman–Crippen MR) is 68.0 cm³/mol. The van der Waals surface area contributed by atoms with Crippen molar-refractivity contribution in [2.45, 2.75) is 32.8 Å². The third-order valence-electron chi connectivity index (χ3n) is 2.98. The first-order valence-corrected chi connectivity index (χ1v) is 6.41. The fourth-order valence-electron chi connectivity index (χ4n) is 2.03. The minimum atomic E-state index is -0.512. The number of nitrogens with one attached hydrogen (secondary N) is 1. The Morgan fingerprint density at radius 1 is 1.50 bits per heavy atom. The first kappa shape index (κ1) is 14.8. The van der Waals surface area contributed by atoms with Crippen molar-refractivity contribution in [3.8, 4) is 0 Å². The number of amides is 3. The van der Waals surface area contributed by atoms with Crippen molar-refractivity contribution in [2.75, 3.05) is 26.2 Å². The van der Waals surface area contributed by atoms with Crippen LogP contribution in [-0.4, -0.2) is 49.2 Å². The van der Waals surface area contributed by atoms with Crippen LogP contribution in [0.25, 0.3) is 0 Å². The van der Waals surface area contributed by atoms with E-state index in [4.69, 9.17) is 10.5 Å². The molecule has 0 aromatic heterocycles. The molecule has 6 nitrogen and oxygen atoms in total. The Balaban J connectivity index is 2.33. The van der Waals surface area contributed by atoms with Crippen LogP contribution < -0.4 is 11.1 Å². The van der Waals surface area contributed by atoms with Gasteiger partial charge >= 0.3 is 6.03 Å². The number of piperidine rings is 1. The topological polar surface area (TPSA) is 84.7 Å². The van der Waals surface area contributed by atoms with Crippen molar-refractivity contribution >= 4 is 11.9 Å². The molecule has 3 N–H and O–H groups in total. The summed E-state index contributed by atoms with van der Waals surface area (Å²) in [5.74, 6) is 0.307. The first-order valence-electron chi connectivity index (χ1n) is 6.41. The summed E-state index contributed by atoms with van der Waals surface area (Å²) in [6.45, 7) is 5.91. The number of nitrogens with zero attached hydrogens (tertiary/aromatic N) is 1. The second-order valence-corrected chi connectivity index (χ2v) is 4.95. The summed E-state index contributed by atoms with van der Waals surface area (Å²) in [6.07, 6.45) is 2.03. The van der Waals surface area contributed by atoms with E-state index in [-0.39, 0.29) is 24.5 Å². The van der Waals surface area contributed by atoms with Crippen LogP contribution in [-0.2, 0) is 9.53 Å². The highest BCUT2D eigenvalue weighted by Gasteiger charge is 2.23. The molecule has 1 saturated heterocycles. The third kappa shape index (κ3) is 5.35. The summed E-state index contributed by atoms with van der Waals surface area (Å²) in [5.41, 5.74) is 5.03. The summed E-state index contributed by atoms with van der Waals surface area (Å²) in [7, 11) is 0. The fourth-order valence-corrected chi connectivity index (χ4v) is 2.03. The maximum Gasteiger partial charge on any atom is 0.312 e. The van der Waals surface area contributed by atoms with Crippen LogP contribution >= 0.6 is 0 Å². The van der Waals surface area contributed by atoms with Crippen molar-refractivity contribution < 1.29 is 14.3 Å². The van der Waals surface area contributed by atoms with Crippen LogP contribution in [0.2, 0.25) is 0 Å². The van der Waals surface area contributed by atoms with Gasteiger partial charge in [-0.2, -0.15) is 0 Å². The molecule has 1 atom stereocenters. The predicted octanol–water partition coefficient (Wildman–Crippen LogP) is 0.318. The monoisotopic (exact) mass is 257 g/mol. The summed E-state index contributed by atoms with van der Waals surface area (Å²) in [5, 5.41) is 2.59. The second kappa shape index (κ2) is 7.20. The zero-order valence-electron chi connectivity index (χ0n) is 11.1. The van der Waals surface area contributed by atoms with Gasteiger partial charge in [-0.3, -0.25) is 4.79 Å². The maximum atomic E-state index is 11.9. The van der Waals surface area contributed by atoms with Gasteiger partial charge in [0.25, 0.3) is 0 Å². The van der Waals surface area contributed by atoms with Gasteiger partial charge in [-0.05, 0) is 32.6 Å². The van der Waals surface area contributed by atoms with Gasteiger partial charge in [0.05, 0.1) is 6.10 Å². The van der Waals surface area contributed by atoms with Crippen molar-refractivity contribution in [1.29, 1.82) is 0 Å². The number of rotatable bonds is 5. The van der Waals surface area contributed by atoms with Gasteiger partial charge in [0, 0.05) is 19.6 Å². The van der Waals surface area contributed by atoms with E-state index in [1.165, 1.54) is 0 Å². The smallest absolute Gasteiger partial charge is 0.312 e. The molecule has 1 unspecified atom stereocenters. The molecule has 1 fully saturated rings. The highest BCUT2D eigenvalue weighted by molar-refractivity contribution is 5.77. The van der Waals surface area contributed by atoms with Gasteiger partial charge in [0.15, 0.2) is 0 Å². The molecular formula is C12H23N3O3. The largest absolute Gasteiger partial charge is 0.369 e. The molecule has 1 heterocycles. The SMILES string of the molecule is CC(C)OCC(=O)N1CCCC(CNC(N)=O)C1. The van der Waals surface area contributed by atoms with Crippen molar-refractivity contribution in [1.82, 2.24) is 10.2 Å². The standard InChI is InChI=1S/C12H23N3O3/c1-9(2)18-8-11(16)15-5-3-4-10(7-15)6-14-12(13)17/h9-10H,3-8H2,1-2H3,(H3,13,14,17). The van der Waals surface area contributed by atoms with E-state index in [0.717, 1.165) is 19.4 Å². The molecule has 0 saturated carbocycles.